The predicted molar refractivity (Wildman–Crippen MR) is 131 cm³/mol. The highest BCUT2D eigenvalue weighted by atomic mass is 19.1. The molecule has 1 aliphatic carbocycles. The minimum Gasteiger partial charge on any atom is -0.359 e. The summed E-state index contributed by atoms with van der Waals surface area (Å²) in [6, 6.07) is 12.3. The van der Waals surface area contributed by atoms with Gasteiger partial charge in [0.15, 0.2) is 0 Å². The summed E-state index contributed by atoms with van der Waals surface area (Å²) in [5.41, 5.74) is 3.54. The largest absolute Gasteiger partial charge is 0.359 e. The first-order valence-corrected chi connectivity index (χ1v) is 12.0. The van der Waals surface area contributed by atoms with Gasteiger partial charge in [0.25, 0.3) is 0 Å². The summed E-state index contributed by atoms with van der Waals surface area (Å²) in [6.07, 6.45) is 5.77. The summed E-state index contributed by atoms with van der Waals surface area (Å²) in [6.45, 7) is 5.40. The third-order valence-corrected chi connectivity index (χ3v) is 5.87. The van der Waals surface area contributed by atoms with Gasteiger partial charge in [-0.3, -0.25) is 9.59 Å². The van der Waals surface area contributed by atoms with Gasteiger partial charge in [-0.1, -0.05) is 31.2 Å². The molecule has 2 amide bonds. The van der Waals surface area contributed by atoms with E-state index in [0.29, 0.717) is 31.4 Å². The molecule has 1 aliphatic rings. The molecule has 7 heteroatoms. The number of aryl methyl sites for hydroxylation is 2. The molecule has 3 rings (SSSR count). The predicted octanol–water partition coefficient (Wildman–Crippen LogP) is 4.52. The number of halogens is 2. The van der Waals surface area contributed by atoms with Crippen molar-refractivity contribution < 1.29 is 18.4 Å². The molecule has 5 nitrogen and oxygen atoms in total. The Morgan fingerprint density at radius 2 is 1.62 bits per heavy atom. The van der Waals surface area contributed by atoms with Crippen molar-refractivity contribution in [3.05, 3.63) is 70.8 Å². The van der Waals surface area contributed by atoms with Crippen LogP contribution in [0.5, 0.6) is 0 Å². The molecule has 0 spiro atoms. The zero-order valence-corrected chi connectivity index (χ0v) is 20.5. The van der Waals surface area contributed by atoms with Crippen molar-refractivity contribution in [2.75, 3.05) is 20.1 Å². The topological polar surface area (TPSA) is 70.2 Å². The van der Waals surface area contributed by atoms with E-state index in [4.69, 9.17) is 0 Å². The van der Waals surface area contributed by atoms with E-state index in [2.05, 4.69) is 47.1 Å². The zero-order chi connectivity index (χ0) is 25.0. The Balaban J connectivity index is 0.000000379. The van der Waals surface area contributed by atoms with Crippen LogP contribution >= 0.6 is 0 Å². The van der Waals surface area contributed by atoms with Crippen molar-refractivity contribution in [1.29, 1.82) is 0 Å². The number of amides is 2. The minimum absolute atomic E-state index is 0.0149. The molecule has 1 saturated carbocycles. The van der Waals surface area contributed by atoms with Gasteiger partial charge in [-0.05, 0) is 74.4 Å². The molecule has 2 aromatic carbocycles. The summed E-state index contributed by atoms with van der Waals surface area (Å²) in [4.78, 5) is 22.8. The monoisotopic (exact) mass is 473 g/mol. The van der Waals surface area contributed by atoms with Crippen molar-refractivity contribution in [3.8, 4) is 0 Å². The average molecular weight is 474 g/mol. The Labute approximate surface area is 201 Å². The first kappa shape index (κ1) is 27.4. The van der Waals surface area contributed by atoms with Crippen molar-refractivity contribution in [2.45, 2.75) is 64.3 Å². The SMILES string of the molecule is CCc1cccc(C2(NCCCNC(=O)CCCC(=O)NC)CC2)c1.Cc1cc(F)cc(F)c1. The number of carbonyl (C=O) groups excluding carboxylic acids is 2. The van der Waals surface area contributed by atoms with Gasteiger partial charge in [0.1, 0.15) is 11.6 Å². The Morgan fingerprint density at radius 3 is 2.21 bits per heavy atom. The highest BCUT2D eigenvalue weighted by molar-refractivity contribution is 5.78. The summed E-state index contributed by atoms with van der Waals surface area (Å²) in [7, 11) is 1.61. The number of benzene rings is 2. The molecule has 34 heavy (non-hydrogen) atoms. The second-order valence-electron chi connectivity index (χ2n) is 8.74. The van der Waals surface area contributed by atoms with Gasteiger partial charge in [-0.25, -0.2) is 8.78 Å². The number of carbonyl (C=O) groups is 2. The van der Waals surface area contributed by atoms with Crippen LogP contribution in [-0.4, -0.2) is 32.0 Å². The molecule has 0 bridgehead atoms. The molecule has 0 radical (unpaired) electrons. The van der Waals surface area contributed by atoms with Crippen LogP contribution in [0, 0.1) is 18.6 Å². The van der Waals surface area contributed by atoms with Crippen molar-refractivity contribution in [1.82, 2.24) is 16.0 Å². The second kappa shape index (κ2) is 13.8. The fourth-order valence-corrected chi connectivity index (χ4v) is 3.74. The van der Waals surface area contributed by atoms with Gasteiger partial charge < -0.3 is 16.0 Å². The molecule has 186 valence electrons. The lowest BCUT2D eigenvalue weighted by molar-refractivity contribution is -0.122. The first-order chi connectivity index (χ1) is 16.3. The molecule has 0 aliphatic heterocycles. The molecule has 1 fully saturated rings. The molecule has 0 unspecified atom stereocenters. The van der Waals surface area contributed by atoms with E-state index in [9.17, 15) is 18.4 Å². The smallest absolute Gasteiger partial charge is 0.220 e. The van der Waals surface area contributed by atoms with Gasteiger partial charge >= 0.3 is 0 Å². The molecule has 0 atom stereocenters. The number of hydrogen-bond acceptors (Lipinski definition) is 3. The van der Waals surface area contributed by atoms with Gasteiger partial charge in [0, 0.05) is 38.0 Å². The van der Waals surface area contributed by atoms with E-state index in [1.54, 1.807) is 14.0 Å². The Kier molecular flexibility index (Phi) is 11.1. The van der Waals surface area contributed by atoms with Crippen LogP contribution in [0.4, 0.5) is 8.78 Å². The maximum atomic E-state index is 12.2. The van der Waals surface area contributed by atoms with E-state index < -0.39 is 11.6 Å². The average Bonchev–Trinajstić information content (AvgIpc) is 3.59. The molecule has 3 N–H and O–H groups in total. The molecule has 0 saturated heterocycles. The summed E-state index contributed by atoms with van der Waals surface area (Å²) in [5, 5.41) is 9.16. The second-order valence-corrected chi connectivity index (χ2v) is 8.74. The summed E-state index contributed by atoms with van der Waals surface area (Å²) < 4.78 is 24.4. The van der Waals surface area contributed by atoms with Crippen LogP contribution in [0.25, 0.3) is 0 Å². The summed E-state index contributed by atoms with van der Waals surface area (Å²) in [5.74, 6) is -1.03. The van der Waals surface area contributed by atoms with Crippen LogP contribution < -0.4 is 16.0 Å². The van der Waals surface area contributed by atoms with E-state index in [0.717, 1.165) is 25.5 Å². The lowest BCUT2D eigenvalue weighted by Gasteiger charge is -2.19. The Hall–Kier alpha value is -2.80. The van der Waals surface area contributed by atoms with Crippen LogP contribution in [-0.2, 0) is 21.5 Å². The van der Waals surface area contributed by atoms with Crippen molar-refractivity contribution in [3.63, 3.8) is 0 Å². The Bertz CT molecular complexity index is 895. The standard InChI is InChI=1S/C20H31N3O2.C7H6F2/c1-3-16-7-4-8-17(15-16)20(11-12-20)23-14-6-13-22-19(25)10-5-9-18(24)21-2;1-5-2-6(8)4-7(9)3-5/h4,7-8,15,23H,3,5-6,9-14H2,1-2H3,(H,21,24)(H,22,25);2-4H,1H3. The molecular weight excluding hydrogens is 436 g/mol. The fraction of sp³-hybridized carbons (Fsp3) is 0.481. The molecule has 0 aromatic heterocycles. The number of hydrogen-bond donors (Lipinski definition) is 3. The lowest BCUT2D eigenvalue weighted by Crippen LogP contribution is -2.32. The maximum Gasteiger partial charge on any atom is 0.220 e. The van der Waals surface area contributed by atoms with Gasteiger partial charge in [-0.2, -0.15) is 0 Å². The normalized spacial score (nSPS) is 13.4. The van der Waals surface area contributed by atoms with E-state index >= 15 is 0 Å². The van der Waals surface area contributed by atoms with Crippen LogP contribution in [0.2, 0.25) is 0 Å². The fourth-order valence-electron chi connectivity index (χ4n) is 3.74. The maximum absolute atomic E-state index is 12.2. The van der Waals surface area contributed by atoms with E-state index in [1.165, 1.54) is 36.1 Å². The molecule has 0 heterocycles. The minimum atomic E-state index is -0.521. The van der Waals surface area contributed by atoms with Crippen molar-refractivity contribution in [2.24, 2.45) is 0 Å². The number of nitrogens with one attached hydrogen (secondary N) is 3. The first-order valence-electron chi connectivity index (χ1n) is 12.0. The third kappa shape index (κ3) is 9.59. The highest BCUT2D eigenvalue weighted by Gasteiger charge is 2.43. The van der Waals surface area contributed by atoms with E-state index in [-0.39, 0.29) is 17.4 Å². The van der Waals surface area contributed by atoms with Gasteiger partial charge in [0.05, 0.1) is 0 Å². The van der Waals surface area contributed by atoms with Gasteiger partial charge in [0.2, 0.25) is 11.8 Å². The van der Waals surface area contributed by atoms with Crippen LogP contribution in [0.3, 0.4) is 0 Å². The Morgan fingerprint density at radius 1 is 0.941 bits per heavy atom. The molecular formula is C27H37F2N3O2. The summed E-state index contributed by atoms with van der Waals surface area (Å²) >= 11 is 0. The quantitative estimate of drug-likeness (QED) is 0.420. The van der Waals surface area contributed by atoms with Crippen LogP contribution in [0.15, 0.2) is 42.5 Å². The third-order valence-electron chi connectivity index (χ3n) is 5.87. The zero-order valence-electron chi connectivity index (χ0n) is 20.5. The van der Waals surface area contributed by atoms with Gasteiger partial charge in [-0.15, -0.1) is 0 Å². The lowest BCUT2D eigenvalue weighted by atomic mass is 10.0. The number of rotatable bonds is 11. The van der Waals surface area contributed by atoms with Crippen LogP contribution in [0.1, 0.15) is 62.1 Å². The van der Waals surface area contributed by atoms with Crippen molar-refractivity contribution >= 4 is 11.8 Å². The highest BCUT2D eigenvalue weighted by Crippen LogP contribution is 2.45. The van der Waals surface area contributed by atoms with E-state index in [1.807, 2.05) is 0 Å². The molecule has 2 aromatic rings.